The summed E-state index contributed by atoms with van der Waals surface area (Å²) in [6.45, 7) is 0.780. The Morgan fingerprint density at radius 3 is 2.54 bits per heavy atom. The molecule has 7 nitrogen and oxygen atoms in total. The number of primary amides is 1. The zero-order chi connectivity index (χ0) is 9.84. The minimum absolute atomic E-state index is 0.122. The van der Waals surface area contributed by atoms with Gasteiger partial charge in [0.2, 0.25) is 11.2 Å². The van der Waals surface area contributed by atoms with Crippen LogP contribution in [-0.2, 0) is 4.79 Å². The summed E-state index contributed by atoms with van der Waals surface area (Å²) in [4.78, 5) is 10.9. The number of hydrogen-bond donors (Lipinski definition) is 2. The van der Waals surface area contributed by atoms with Crippen molar-refractivity contribution in [2.24, 2.45) is 16.9 Å². The molecule has 0 aliphatic carbocycles. The van der Waals surface area contributed by atoms with Crippen molar-refractivity contribution in [3.8, 4) is 0 Å². The third kappa shape index (κ3) is 2.20. The number of nitrogens with zero attached hydrogens (tertiary/aromatic N) is 3. The van der Waals surface area contributed by atoms with E-state index in [1.165, 1.54) is 5.01 Å². The first-order valence-electron chi connectivity index (χ1n) is 4.01. The van der Waals surface area contributed by atoms with E-state index < -0.39 is 0 Å². The molecule has 0 aromatic rings. The number of rotatable bonds is 2. The Balaban J connectivity index is 2.43. The molecule has 74 valence electrons. The van der Waals surface area contributed by atoms with Gasteiger partial charge in [0, 0.05) is 5.92 Å². The molecule has 13 heavy (non-hydrogen) atoms. The summed E-state index contributed by atoms with van der Waals surface area (Å²) in [5.41, 5.74) is 5.10. The van der Waals surface area contributed by atoms with Crippen LogP contribution in [0.5, 0.6) is 0 Å². The number of carbonyl (C=O) groups excluding carboxylic acids is 1. The summed E-state index contributed by atoms with van der Waals surface area (Å²) in [7, 11) is 0. The fourth-order valence-corrected chi connectivity index (χ4v) is 1.38. The zero-order valence-corrected chi connectivity index (χ0v) is 7.09. The van der Waals surface area contributed by atoms with Gasteiger partial charge in [-0.15, -0.1) is 5.01 Å². The second-order valence-electron chi connectivity index (χ2n) is 2.97. The van der Waals surface area contributed by atoms with E-state index in [2.05, 4.69) is 5.28 Å². The molecule has 0 saturated carbocycles. The van der Waals surface area contributed by atoms with E-state index in [1.54, 1.807) is 0 Å². The second kappa shape index (κ2) is 3.92. The molecule has 0 atom stereocenters. The van der Waals surface area contributed by atoms with Gasteiger partial charge in [0.05, 0.1) is 18.1 Å². The summed E-state index contributed by atoms with van der Waals surface area (Å²) >= 11 is 0. The number of nitrogens with two attached hydrogens (primary N) is 1. The molecule has 0 radical (unpaired) electrons. The van der Waals surface area contributed by atoms with Crippen molar-refractivity contribution in [3.05, 3.63) is 5.21 Å². The average Bonchev–Trinajstić information content (AvgIpc) is 2.17. The smallest absolute Gasteiger partial charge is 0.230 e. The molecule has 1 rings (SSSR count). The highest BCUT2D eigenvalue weighted by molar-refractivity contribution is 5.76. The van der Waals surface area contributed by atoms with E-state index in [0.29, 0.717) is 25.9 Å². The summed E-state index contributed by atoms with van der Waals surface area (Å²) in [6.07, 6.45) is 1.06. The van der Waals surface area contributed by atoms with Crippen LogP contribution in [0.3, 0.4) is 0 Å². The average molecular weight is 188 g/mol. The first-order valence-corrected chi connectivity index (χ1v) is 4.01. The number of hydrazine groups is 1. The van der Waals surface area contributed by atoms with Gasteiger partial charge in [-0.1, -0.05) is 0 Å². The van der Waals surface area contributed by atoms with E-state index in [-0.39, 0.29) is 16.8 Å². The fourth-order valence-electron chi connectivity index (χ4n) is 1.38. The highest BCUT2D eigenvalue weighted by atomic mass is 16.6. The van der Waals surface area contributed by atoms with E-state index in [4.69, 9.17) is 10.9 Å². The van der Waals surface area contributed by atoms with E-state index in [0.717, 1.165) is 0 Å². The third-order valence-electron chi connectivity index (χ3n) is 2.19. The van der Waals surface area contributed by atoms with Crippen molar-refractivity contribution in [2.45, 2.75) is 12.8 Å². The molecule has 1 amide bonds. The summed E-state index contributed by atoms with van der Waals surface area (Å²) < 4.78 is 0. The van der Waals surface area contributed by atoms with Gasteiger partial charge >= 0.3 is 0 Å². The molecule has 1 fully saturated rings. The molecule has 0 spiro atoms. The van der Waals surface area contributed by atoms with Gasteiger partial charge in [0.1, 0.15) is 0 Å². The largest absolute Gasteiger partial charge is 0.569 e. The standard InChI is InChI=1S/C6H12N4O3/c7-6(11)5-1-3-9(4-2-5)10(13)8-12/h5,12H,1-4H2,(H2,7,11). The fraction of sp³-hybridized carbons (Fsp3) is 0.833. The van der Waals surface area contributed by atoms with Crippen LogP contribution >= 0.6 is 0 Å². The maximum atomic E-state index is 10.8. The van der Waals surface area contributed by atoms with Crippen molar-refractivity contribution < 1.29 is 15.0 Å². The quantitative estimate of drug-likeness (QED) is 0.344. The monoisotopic (exact) mass is 188 g/mol. The lowest BCUT2D eigenvalue weighted by Crippen LogP contribution is -2.41. The van der Waals surface area contributed by atoms with Crippen LogP contribution in [0.25, 0.3) is 0 Å². The molecule has 1 aliphatic heterocycles. The van der Waals surface area contributed by atoms with Crippen LogP contribution in [0.2, 0.25) is 0 Å². The molecule has 1 heterocycles. The summed E-state index contributed by atoms with van der Waals surface area (Å²) in [5, 5.41) is 22.7. The Labute approximate surface area is 74.9 Å². The van der Waals surface area contributed by atoms with Crippen molar-refractivity contribution in [1.82, 2.24) is 5.01 Å². The van der Waals surface area contributed by atoms with Crippen molar-refractivity contribution in [1.29, 1.82) is 0 Å². The summed E-state index contributed by atoms with van der Waals surface area (Å²) in [5.74, 6) is -0.499. The maximum Gasteiger partial charge on any atom is 0.230 e. The minimum atomic E-state index is -0.335. The Bertz CT molecular complexity index is 222. The normalized spacial score (nSPS) is 20.3. The lowest BCUT2D eigenvalue weighted by molar-refractivity contribution is -0.711. The Kier molecular flexibility index (Phi) is 2.88. The highest BCUT2D eigenvalue weighted by Gasteiger charge is 2.26. The van der Waals surface area contributed by atoms with Crippen LogP contribution in [0, 0.1) is 11.1 Å². The molecule has 1 aliphatic rings. The summed E-state index contributed by atoms with van der Waals surface area (Å²) in [6, 6.07) is 0. The Hall–Kier alpha value is -1.53. The van der Waals surface area contributed by atoms with E-state index in [1.807, 2.05) is 0 Å². The van der Waals surface area contributed by atoms with Gasteiger partial charge in [0.25, 0.3) is 0 Å². The maximum absolute atomic E-state index is 10.8. The predicted octanol–water partition coefficient (Wildman–Crippen LogP) is -0.550. The topological polar surface area (TPSA) is 105 Å². The van der Waals surface area contributed by atoms with Crippen LogP contribution in [-0.4, -0.2) is 34.2 Å². The third-order valence-corrected chi connectivity index (χ3v) is 2.19. The highest BCUT2D eigenvalue weighted by Crippen LogP contribution is 2.16. The minimum Gasteiger partial charge on any atom is -0.569 e. The molecular weight excluding hydrogens is 176 g/mol. The van der Waals surface area contributed by atoms with Crippen LogP contribution in [0.1, 0.15) is 12.8 Å². The molecule has 0 aromatic carbocycles. The van der Waals surface area contributed by atoms with Crippen molar-refractivity contribution in [3.63, 3.8) is 0 Å². The van der Waals surface area contributed by atoms with Crippen molar-refractivity contribution in [2.75, 3.05) is 13.1 Å². The molecular formula is C6H12N4O3. The molecule has 0 bridgehead atoms. The first kappa shape index (κ1) is 9.56. The van der Waals surface area contributed by atoms with Gasteiger partial charge in [-0.3, -0.25) is 4.79 Å². The van der Waals surface area contributed by atoms with Gasteiger partial charge in [-0.25, -0.2) is 0 Å². The van der Waals surface area contributed by atoms with E-state index >= 15 is 0 Å². The molecule has 1 saturated heterocycles. The van der Waals surface area contributed by atoms with Gasteiger partial charge in [-0.05, 0) is 12.8 Å². The lowest BCUT2D eigenvalue weighted by Gasteiger charge is -2.25. The molecule has 7 heteroatoms. The number of piperidine rings is 1. The van der Waals surface area contributed by atoms with Crippen LogP contribution < -0.4 is 5.73 Å². The van der Waals surface area contributed by atoms with Crippen LogP contribution in [0.4, 0.5) is 0 Å². The van der Waals surface area contributed by atoms with Gasteiger partial charge < -0.3 is 16.1 Å². The predicted molar refractivity (Wildman–Crippen MR) is 41.3 cm³/mol. The second-order valence-corrected chi connectivity index (χ2v) is 2.97. The lowest BCUT2D eigenvalue weighted by atomic mass is 9.97. The van der Waals surface area contributed by atoms with Crippen LogP contribution in [0.15, 0.2) is 5.28 Å². The van der Waals surface area contributed by atoms with E-state index in [9.17, 15) is 10.0 Å². The Morgan fingerprint density at radius 2 is 2.15 bits per heavy atom. The first-order chi connectivity index (χ1) is 6.15. The Morgan fingerprint density at radius 1 is 1.62 bits per heavy atom. The number of carbonyl (C=O) groups is 1. The SMILES string of the molecule is NC(=O)C1CCN([N+]([O-])=NO)CC1. The van der Waals surface area contributed by atoms with Crippen molar-refractivity contribution >= 4 is 5.91 Å². The molecule has 0 aromatic heterocycles. The molecule has 3 N–H and O–H groups in total. The van der Waals surface area contributed by atoms with Gasteiger partial charge in [-0.2, -0.15) is 0 Å². The zero-order valence-electron chi connectivity index (χ0n) is 7.09. The number of hydrogen-bond acceptors (Lipinski definition) is 3. The molecule has 0 unspecified atom stereocenters. The van der Waals surface area contributed by atoms with Gasteiger partial charge in [0.15, 0.2) is 0 Å². The number of amides is 1.